The van der Waals surface area contributed by atoms with E-state index in [-0.39, 0.29) is 0 Å². The van der Waals surface area contributed by atoms with E-state index < -0.39 is 5.91 Å². The number of hydrogen-bond donors (Lipinski definition) is 1. The molecule has 1 fully saturated rings. The van der Waals surface area contributed by atoms with Gasteiger partial charge in [-0.15, -0.1) is 0 Å². The van der Waals surface area contributed by atoms with Crippen LogP contribution in [-0.2, 0) is 0 Å². The molecule has 1 aliphatic heterocycles. The molecule has 1 amide bonds. The Morgan fingerprint density at radius 1 is 1.17 bits per heavy atom. The van der Waals surface area contributed by atoms with E-state index >= 15 is 0 Å². The van der Waals surface area contributed by atoms with E-state index in [2.05, 4.69) is 47.0 Å². The molecule has 5 heteroatoms. The molecule has 0 bridgehead atoms. The Kier molecular flexibility index (Phi) is 4.30. The van der Waals surface area contributed by atoms with E-state index in [1.165, 1.54) is 0 Å². The maximum atomic E-state index is 11.8. The third-order valence-electron chi connectivity index (χ3n) is 4.45. The summed E-state index contributed by atoms with van der Waals surface area (Å²) in [6.45, 7) is 6.09. The lowest BCUT2D eigenvalue weighted by Crippen LogP contribution is -2.44. The van der Waals surface area contributed by atoms with Crippen LogP contribution in [0.2, 0.25) is 0 Å². The van der Waals surface area contributed by atoms with E-state index in [1.807, 2.05) is 6.07 Å². The van der Waals surface area contributed by atoms with Crippen molar-refractivity contribution >= 4 is 11.6 Å². The van der Waals surface area contributed by atoms with Crippen LogP contribution in [0.5, 0.6) is 0 Å². The first-order chi connectivity index (χ1) is 11.1. The SMILES string of the molecule is Cc1cccc(N2CCN(C)CC2)c1-c1ccncc1C(N)=O. The smallest absolute Gasteiger partial charge is 0.250 e. The fraction of sp³-hybridized carbons (Fsp3) is 0.333. The highest BCUT2D eigenvalue weighted by Gasteiger charge is 2.21. The van der Waals surface area contributed by atoms with Gasteiger partial charge in [0, 0.05) is 49.8 Å². The summed E-state index contributed by atoms with van der Waals surface area (Å²) in [5.74, 6) is -0.444. The molecule has 120 valence electrons. The largest absolute Gasteiger partial charge is 0.368 e. The topological polar surface area (TPSA) is 62.5 Å². The van der Waals surface area contributed by atoms with Crippen LogP contribution in [-0.4, -0.2) is 49.0 Å². The third-order valence-corrected chi connectivity index (χ3v) is 4.45. The molecule has 23 heavy (non-hydrogen) atoms. The lowest BCUT2D eigenvalue weighted by atomic mass is 9.94. The normalized spacial score (nSPS) is 15.7. The van der Waals surface area contributed by atoms with Crippen molar-refractivity contribution in [3.8, 4) is 11.1 Å². The van der Waals surface area contributed by atoms with Gasteiger partial charge in [-0.05, 0) is 37.2 Å². The molecule has 5 nitrogen and oxygen atoms in total. The summed E-state index contributed by atoms with van der Waals surface area (Å²) < 4.78 is 0. The number of hydrogen-bond acceptors (Lipinski definition) is 4. The van der Waals surface area contributed by atoms with Crippen LogP contribution in [0.4, 0.5) is 5.69 Å². The third kappa shape index (κ3) is 3.05. The van der Waals surface area contributed by atoms with Crippen molar-refractivity contribution in [2.24, 2.45) is 5.73 Å². The van der Waals surface area contributed by atoms with E-state index in [0.29, 0.717) is 5.56 Å². The molecule has 1 saturated heterocycles. The minimum Gasteiger partial charge on any atom is -0.368 e. The fourth-order valence-corrected chi connectivity index (χ4v) is 3.12. The monoisotopic (exact) mass is 310 g/mol. The zero-order valence-electron chi connectivity index (χ0n) is 13.6. The molecule has 2 N–H and O–H groups in total. The molecule has 3 rings (SSSR count). The van der Waals surface area contributed by atoms with E-state index in [1.54, 1.807) is 12.4 Å². The van der Waals surface area contributed by atoms with Crippen LogP contribution in [0, 0.1) is 6.92 Å². The van der Waals surface area contributed by atoms with Gasteiger partial charge in [0.25, 0.3) is 5.91 Å². The summed E-state index contributed by atoms with van der Waals surface area (Å²) in [6.07, 6.45) is 3.26. The van der Waals surface area contributed by atoms with Gasteiger partial charge in [-0.1, -0.05) is 12.1 Å². The van der Waals surface area contributed by atoms with Crippen LogP contribution in [0.15, 0.2) is 36.7 Å². The highest BCUT2D eigenvalue weighted by Crippen LogP contribution is 2.36. The van der Waals surface area contributed by atoms with E-state index in [0.717, 1.165) is 48.6 Å². The first-order valence-electron chi connectivity index (χ1n) is 7.85. The lowest BCUT2D eigenvalue weighted by molar-refractivity contribution is 0.100. The van der Waals surface area contributed by atoms with E-state index in [9.17, 15) is 4.79 Å². The number of carbonyl (C=O) groups is 1. The average molecular weight is 310 g/mol. The molecular weight excluding hydrogens is 288 g/mol. The number of nitrogens with two attached hydrogens (primary N) is 1. The summed E-state index contributed by atoms with van der Waals surface area (Å²) >= 11 is 0. The molecule has 1 aromatic heterocycles. The molecule has 1 aromatic carbocycles. The summed E-state index contributed by atoms with van der Waals surface area (Å²) in [5, 5.41) is 0. The number of amides is 1. The Bertz CT molecular complexity index is 721. The standard InChI is InChI=1S/C18H22N4O/c1-13-4-3-5-16(22-10-8-21(2)9-11-22)17(13)14-6-7-20-12-15(14)18(19)23/h3-7,12H,8-11H2,1-2H3,(H2,19,23). The van der Waals surface area contributed by atoms with Crippen LogP contribution in [0.3, 0.4) is 0 Å². The van der Waals surface area contributed by atoms with Crippen molar-refractivity contribution in [3.05, 3.63) is 47.8 Å². The zero-order valence-corrected chi connectivity index (χ0v) is 13.6. The number of piperazine rings is 1. The minimum atomic E-state index is -0.444. The van der Waals surface area contributed by atoms with Crippen molar-refractivity contribution in [2.75, 3.05) is 38.1 Å². The number of pyridine rings is 1. The number of likely N-dealkylation sites (N-methyl/N-ethyl adjacent to an activating group) is 1. The Labute approximate surface area is 136 Å². The van der Waals surface area contributed by atoms with Crippen LogP contribution >= 0.6 is 0 Å². The molecule has 2 aromatic rings. The maximum Gasteiger partial charge on any atom is 0.250 e. The Morgan fingerprint density at radius 3 is 2.61 bits per heavy atom. The number of rotatable bonds is 3. The lowest BCUT2D eigenvalue weighted by Gasteiger charge is -2.35. The van der Waals surface area contributed by atoms with Crippen LogP contribution < -0.4 is 10.6 Å². The second-order valence-electron chi connectivity index (χ2n) is 6.04. The van der Waals surface area contributed by atoms with Gasteiger partial charge >= 0.3 is 0 Å². The van der Waals surface area contributed by atoms with Crippen molar-refractivity contribution in [3.63, 3.8) is 0 Å². The Morgan fingerprint density at radius 2 is 1.91 bits per heavy atom. The molecule has 0 aliphatic carbocycles. The quantitative estimate of drug-likeness (QED) is 0.940. The number of carbonyl (C=O) groups excluding carboxylic acids is 1. The first kappa shape index (κ1) is 15.5. The zero-order chi connectivity index (χ0) is 16.4. The highest BCUT2D eigenvalue weighted by molar-refractivity contribution is 6.01. The summed E-state index contributed by atoms with van der Waals surface area (Å²) in [7, 11) is 2.14. The van der Waals surface area contributed by atoms with Gasteiger partial charge < -0.3 is 15.5 Å². The molecule has 2 heterocycles. The first-order valence-corrected chi connectivity index (χ1v) is 7.85. The molecular formula is C18H22N4O. The Hall–Kier alpha value is -2.40. The molecule has 0 spiro atoms. The van der Waals surface area contributed by atoms with Gasteiger partial charge in [0.1, 0.15) is 0 Å². The summed E-state index contributed by atoms with van der Waals surface area (Å²) in [5.41, 5.74) is 10.3. The minimum absolute atomic E-state index is 0.444. The molecule has 0 radical (unpaired) electrons. The van der Waals surface area contributed by atoms with Gasteiger partial charge in [-0.2, -0.15) is 0 Å². The summed E-state index contributed by atoms with van der Waals surface area (Å²) in [6, 6.07) is 8.14. The number of primary amides is 1. The number of nitrogens with zero attached hydrogens (tertiary/aromatic N) is 3. The van der Waals surface area contributed by atoms with Crippen LogP contribution in [0.25, 0.3) is 11.1 Å². The number of anilines is 1. The number of benzene rings is 1. The summed E-state index contributed by atoms with van der Waals surface area (Å²) in [4.78, 5) is 20.6. The highest BCUT2D eigenvalue weighted by atomic mass is 16.1. The van der Waals surface area contributed by atoms with Crippen LogP contribution in [0.1, 0.15) is 15.9 Å². The second-order valence-corrected chi connectivity index (χ2v) is 6.04. The van der Waals surface area contributed by atoms with E-state index in [4.69, 9.17) is 5.73 Å². The van der Waals surface area contributed by atoms with Gasteiger partial charge in [-0.3, -0.25) is 9.78 Å². The molecule has 0 atom stereocenters. The van der Waals surface area contributed by atoms with Crippen molar-refractivity contribution in [2.45, 2.75) is 6.92 Å². The Balaban J connectivity index is 2.11. The number of aryl methyl sites for hydroxylation is 1. The fourth-order valence-electron chi connectivity index (χ4n) is 3.12. The van der Waals surface area contributed by atoms with Gasteiger partial charge in [-0.25, -0.2) is 0 Å². The van der Waals surface area contributed by atoms with Crippen molar-refractivity contribution in [1.29, 1.82) is 0 Å². The van der Waals surface area contributed by atoms with Crippen molar-refractivity contribution in [1.82, 2.24) is 9.88 Å². The average Bonchev–Trinajstić information content (AvgIpc) is 2.55. The number of aromatic nitrogens is 1. The molecule has 0 saturated carbocycles. The molecule has 0 unspecified atom stereocenters. The van der Waals surface area contributed by atoms with Crippen molar-refractivity contribution < 1.29 is 4.79 Å². The predicted octanol–water partition coefficient (Wildman–Crippen LogP) is 1.91. The van der Waals surface area contributed by atoms with Gasteiger partial charge in [0.2, 0.25) is 0 Å². The molecule has 1 aliphatic rings. The van der Waals surface area contributed by atoms with Gasteiger partial charge in [0.15, 0.2) is 0 Å². The maximum absolute atomic E-state index is 11.8. The second kappa shape index (κ2) is 6.38. The predicted molar refractivity (Wildman–Crippen MR) is 92.6 cm³/mol. The van der Waals surface area contributed by atoms with Gasteiger partial charge in [0.05, 0.1) is 5.56 Å².